The van der Waals surface area contributed by atoms with E-state index in [2.05, 4.69) is 37.9 Å². The van der Waals surface area contributed by atoms with Gasteiger partial charge >= 0.3 is 0 Å². The molecule has 0 radical (unpaired) electrons. The lowest BCUT2D eigenvalue weighted by Crippen LogP contribution is -2.43. The summed E-state index contributed by atoms with van der Waals surface area (Å²) in [4.78, 5) is 2.72. The van der Waals surface area contributed by atoms with Crippen LogP contribution in [0, 0.1) is 0 Å². The van der Waals surface area contributed by atoms with Gasteiger partial charge < -0.3 is 5.32 Å². The number of rotatable bonds is 5. The summed E-state index contributed by atoms with van der Waals surface area (Å²) < 4.78 is 0. The highest BCUT2D eigenvalue weighted by molar-refractivity contribution is 4.79. The van der Waals surface area contributed by atoms with Gasteiger partial charge in [0.1, 0.15) is 0 Å². The molecule has 2 nitrogen and oxygen atoms in total. The molecular weight excluding hydrogens is 196 g/mol. The molecule has 1 N–H and O–H groups in total. The van der Waals surface area contributed by atoms with Crippen molar-refractivity contribution in [3.63, 3.8) is 0 Å². The zero-order chi connectivity index (χ0) is 12.0. The Morgan fingerprint density at radius 2 is 2.00 bits per heavy atom. The van der Waals surface area contributed by atoms with Crippen molar-refractivity contribution in [1.82, 2.24) is 10.2 Å². The van der Waals surface area contributed by atoms with Crippen LogP contribution in [0.5, 0.6) is 0 Å². The van der Waals surface area contributed by atoms with Crippen LogP contribution in [0.15, 0.2) is 0 Å². The third-order valence-corrected chi connectivity index (χ3v) is 3.92. The van der Waals surface area contributed by atoms with E-state index >= 15 is 0 Å². The molecule has 0 aromatic rings. The van der Waals surface area contributed by atoms with Gasteiger partial charge in [0.2, 0.25) is 0 Å². The molecule has 3 unspecified atom stereocenters. The van der Waals surface area contributed by atoms with Crippen molar-refractivity contribution in [2.24, 2.45) is 0 Å². The van der Waals surface area contributed by atoms with Gasteiger partial charge in [0.15, 0.2) is 0 Å². The second kappa shape index (κ2) is 7.29. The van der Waals surface area contributed by atoms with E-state index in [-0.39, 0.29) is 0 Å². The topological polar surface area (TPSA) is 15.3 Å². The molecule has 2 heteroatoms. The highest BCUT2D eigenvalue weighted by Gasteiger charge is 2.22. The van der Waals surface area contributed by atoms with E-state index in [0.717, 1.165) is 18.6 Å². The number of nitrogens with zero attached hydrogens (tertiary/aromatic N) is 1. The van der Waals surface area contributed by atoms with Crippen LogP contribution >= 0.6 is 0 Å². The molecule has 1 aliphatic rings. The largest absolute Gasteiger partial charge is 0.314 e. The van der Waals surface area contributed by atoms with Crippen molar-refractivity contribution in [2.45, 2.75) is 77.9 Å². The number of likely N-dealkylation sites (tertiary alicyclic amines) is 1. The Balaban J connectivity index is 2.40. The number of hydrogen-bond acceptors (Lipinski definition) is 2. The smallest absolute Gasteiger partial charge is 0.00844 e. The zero-order valence-corrected chi connectivity index (χ0v) is 11.6. The number of hydrogen-bond donors (Lipinski definition) is 1. The van der Waals surface area contributed by atoms with Gasteiger partial charge in [-0.1, -0.05) is 19.8 Å². The first-order chi connectivity index (χ1) is 7.65. The van der Waals surface area contributed by atoms with Gasteiger partial charge in [-0.3, -0.25) is 4.90 Å². The van der Waals surface area contributed by atoms with E-state index < -0.39 is 0 Å². The molecule has 0 aromatic heterocycles. The maximum Gasteiger partial charge on any atom is 0.00844 e. The lowest BCUT2D eigenvalue weighted by atomic mass is 10.1. The van der Waals surface area contributed by atoms with E-state index in [0.29, 0.717) is 6.04 Å². The molecule has 1 heterocycles. The summed E-state index contributed by atoms with van der Waals surface area (Å²) in [6.45, 7) is 11.7. The third-order valence-electron chi connectivity index (χ3n) is 3.92. The van der Waals surface area contributed by atoms with Gasteiger partial charge in [0, 0.05) is 18.1 Å². The molecule has 1 saturated heterocycles. The Kier molecular flexibility index (Phi) is 6.37. The van der Waals surface area contributed by atoms with Crippen LogP contribution in [-0.4, -0.2) is 36.1 Å². The Morgan fingerprint density at radius 1 is 1.25 bits per heavy atom. The van der Waals surface area contributed by atoms with Gasteiger partial charge in [-0.15, -0.1) is 0 Å². The summed E-state index contributed by atoms with van der Waals surface area (Å²) in [7, 11) is 0. The molecule has 1 rings (SSSR count). The fourth-order valence-electron chi connectivity index (χ4n) is 3.03. The van der Waals surface area contributed by atoms with Crippen molar-refractivity contribution < 1.29 is 0 Å². The zero-order valence-electron chi connectivity index (χ0n) is 11.6. The van der Waals surface area contributed by atoms with Gasteiger partial charge in [-0.25, -0.2) is 0 Å². The summed E-state index contributed by atoms with van der Waals surface area (Å²) in [6, 6.07) is 2.16. The summed E-state index contributed by atoms with van der Waals surface area (Å²) in [5, 5.41) is 3.52. The Labute approximate surface area is 102 Å². The van der Waals surface area contributed by atoms with E-state index in [4.69, 9.17) is 0 Å². The first-order valence-electron chi connectivity index (χ1n) is 7.14. The summed E-state index contributed by atoms with van der Waals surface area (Å²) in [6.07, 6.45) is 6.91. The van der Waals surface area contributed by atoms with Crippen molar-refractivity contribution in [2.75, 3.05) is 13.1 Å². The maximum atomic E-state index is 3.52. The monoisotopic (exact) mass is 226 g/mol. The maximum absolute atomic E-state index is 3.52. The first-order valence-corrected chi connectivity index (χ1v) is 7.14. The average molecular weight is 226 g/mol. The van der Waals surface area contributed by atoms with Crippen molar-refractivity contribution >= 4 is 0 Å². The molecule has 0 bridgehead atoms. The Hall–Kier alpha value is -0.0800. The van der Waals surface area contributed by atoms with Gasteiger partial charge in [0.25, 0.3) is 0 Å². The lowest BCUT2D eigenvalue weighted by molar-refractivity contribution is 0.142. The molecule has 0 aliphatic carbocycles. The van der Waals surface area contributed by atoms with E-state index in [1.807, 2.05) is 0 Å². The number of nitrogens with one attached hydrogen (secondary N) is 1. The van der Waals surface area contributed by atoms with Crippen molar-refractivity contribution in [3.05, 3.63) is 0 Å². The minimum absolute atomic E-state index is 0.649. The summed E-state index contributed by atoms with van der Waals surface area (Å²) >= 11 is 0. The highest BCUT2D eigenvalue weighted by Crippen LogP contribution is 2.20. The predicted molar refractivity (Wildman–Crippen MR) is 71.9 cm³/mol. The fraction of sp³-hybridized carbons (Fsp3) is 1.00. The molecule has 1 fully saturated rings. The second-order valence-corrected chi connectivity index (χ2v) is 5.48. The highest BCUT2D eigenvalue weighted by atomic mass is 15.2. The molecule has 3 atom stereocenters. The van der Waals surface area contributed by atoms with E-state index in [1.54, 1.807) is 0 Å². The normalized spacial score (nSPS) is 27.4. The average Bonchev–Trinajstić information content (AvgIpc) is 2.43. The van der Waals surface area contributed by atoms with Crippen LogP contribution in [0.1, 0.15) is 59.8 Å². The molecule has 96 valence electrons. The summed E-state index contributed by atoms with van der Waals surface area (Å²) in [5.41, 5.74) is 0. The van der Waals surface area contributed by atoms with Crippen molar-refractivity contribution in [3.8, 4) is 0 Å². The lowest BCUT2D eigenvalue weighted by Gasteiger charge is -2.34. The SMILES string of the molecule is CCNC(C)CC(C)N1CCCCCC1C. The van der Waals surface area contributed by atoms with E-state index in [1.165, 1.54) is 38.6 Å². The standard InChI is InChI=1S/C14H30N2/c1-5-15-12(2)11-14(4)16-10-8-6-7-9-13(16)3/h12-15H,5-11H2,1-4H3. The minimum atomic E-state index is 0.649. The minimum Gasteiger partial charge on any atom is -0.314 e. The third kappa shape index (κ3) is 4.42. The molecule has 0 spiro atoms. The van der Waals surface area contributed by atoms with Gasteiger partial charge in [-0.05, 0) is 53.1 Å². The van der Waals surface area contributed by atoms with Crippen LogP contribution in [0.2, 0.25) is 0 Å². The molecule has 0 amide bonds. The molecular formula is C14H30N2. The molecule has 1 aliphatic heterocycles. The quantitative estimate of drug-likeness (QED) is 0.775. The Morgan fingerprint density at radius 3 is 2.69 bits per heavy atom. The van der Waals surface area contributed by atoms with Crippen LogP contribution in [0.25, 0.3) is 0 Å². The predicted octanol–water partition coefficient (Wildman–Crippen LogP) is 3.03. The van der Waals surface area contributed by atoms with E-state index in [9.17, 15) is 0 Å². The summed E-state index contributed by atoms with van der Waals surface area (Å²) in [5.74, 6) is 0. The molecule has 16 heavy (non-hydrogen) atoms. The Bertz CT molecular complexity index is 182. The van der Waals surface area contributed by atoms with Crippen LogP contribution in [-0.2, 0) is 0 Å². The van der Waals surface area contributed by atoms with Crippen molar-refractivity contribution in [1.29, 1.82) is 0 Å². The molecule has 0 aromatic carbocycles. The molecule has 0 saturated carbocycles. The van der Waals surface area contributed by atoms with Crippen LogP contribution in [0.3, 0.4) is 0 Å². The van der Waals surface area contributed by atoms with Gasteiger partial charge in [0.05, 0.1) is 0 Å². The van der Waals surface area contributed by atoms with Crippen LogP contribution < -0.4 is 5.32 Å². The second-order valence-electron chi connectivity index (χ2n) is 5.48. The fourth-order valence-corrected chi connectivity index (χ4v) is 3.03. The first kappa shape index (κ1) is 14.0. The van der Waals surface area contributed by atoms with Crippen LogP contribution in [0.4, 0.5) is 0 Å². The van der Waals surface area contributed by atoms with Gasteiger partial charge in [-0.2, -0.15) is 0 Å².